The van der Waals surface area contributed by atoms with Crippen LogP contribution in [0.2, 0.25) is 0 Å². The Morgan fingerprint density at radius 1 is 1.50 bits per heavy atom. The minimum Gasteiger partial charge on any atom is -0.396 e. The SMILES string of the molecule is Cc1cc(C(N)=O)ccc1CNC(C)CCCO. The molecule has 1 amide bonds. The van der Waals surface area contributed by atoms with E-state index in [1.165, 1.54) is 0 Å². The van der Waals surface area contributed by atoms with Crippen molar-refractivity contribution >= 4 is 5.91 Å². The van der Waals surface area contributed by atoms with Crippen LogP contribution in [0.5, 0.6) is 0 Å². The molecule has 4 nitrogen and oxygen atoms in total. The summed E-state index contributed by atoms with van der Waals surface area (Å²) in [6.07, 6.45) is 1.77. The Labute approximate surface area is 108 Å². The highest BCUT2D eigenvalue weighted by Gasteiger charge is 2.06. The molecule has 1 unspecified atom stereocenters. The molecule has 0 fully saturated rings. The predicted octanol–water partition coefficient (Wildman–Crippen LogP) is 1.34. The number of benzene rings is 1. The number of hydrogen-bond donors (Lipinski definition) is 3. The number of aliphatic hydroxyl groups is 1. The second kappa shape index (κ2) is 7.13. The molecule has 0 saturated heterocycles. The topological polar surface area (TPSA) is 75.4 Å². The number of aliphatic hydroxyl groups excluding tert-OH is 1. The third-order valence-electron chi connectivity index (χ3n) is 3.06. The van der Waals surface area contributed by atoms with Crippen LogP contribution in [0, 0.1) is 6.92 Å². The molecule has 0 radical (unpaired) electrons. The minimum absolute atomic E-state index is 0.234. The van der Waals surface area contributed by atoms with Gasteiger partial charge in [-0.1, -0.05) is 6.07 Å². The third-order valence-corrected chi connectivity index (χ3v) is 3.06. The average molecular weight is 250 g/mol. The minimum atomic E-state index is -0.395. The first-order valence-corrected chi connectivity index (χ1v) is 6.28. The zero-order chi connectivity index (χ0) is 13.5. The molecule has 1 rings (SSSR count). The van der Waals surface area contributed by atoms with Gasteiger partial charge in [-0.3, -0.25) is 4.79 Å². The maximum Gasteiger partial charge on any atom is 0.248 e. The highest BCUT2D eigenvalue weighted by Crippen LogP contribution is 2.11. The van der Waals surface area contributed by atoms with E-state index in [9.17, 15) is 4.79 Å². The van der Waals surface area contributed by atoms with Crippen molar-refractivity contribution in [2.24, 2.45) is 5.73 Å². The second-order valence-corrected chi connectivity index (χ2v) is 4.65. The van der Waals surface area contributed by atoms with Crippen LogP contribution in [0.4, 0.5) is 0 Å². The molecular formula is C14H22N2O2. The summed E-state index contributed by atoms with van der Waals surface area (Å²) in [6.45, 7) is 5.07. The molecule has 0 bridgehead atoms. The lowest BCUT2D eigenvalue weighted by molar-refractivity contribution is 0.1000. The van der Waals surface area contributed by atoms with E-state index in [-0.39, 0.29) is 6.61 Å². The van der Waals surface area contributed by atoms with Crippen molar-refractivity contribution in [3.05, 3.63) is 34.9 Å². The van der Waals surface area contributed by atoms with E-state index in [4.69, 9.17) is 10.8 Å². The van der Waals surface area contributed by atoms with Gasteiger partial charge < -0.3 is 16.2 Å². The zero-order valence-corrected chi connectivity index (χ0v) is 11.1. The van der Waals surface area contributed by atoms with Gasteiger partial charge in [0.15, 0.2) is 0 Å². The number of aryl methyl sites for hydroxylation is 1. The van der Waals surface area contributed by atoms with Crippen LogP contribution in [0.15, 0.2) is 18.2 Å². The summed E-state index contributed by atoms with van der Waals surface area (Å²) >= 11 is 0. The number of nitrogens with one attached hydrogen (secondary N) is 1. The van der Waals surface area contributed by atoms with Gasteiger partial charge in [0.25, 0.3) is 0 Å². The number of carbonyl (C=O) groups is 1. The summed E-state index contributed by atoms with van der Waals surface area (Å²) in [5.41, 5.74) is 8.00. The van der Waals surface area contributed by atoms with Gasteiger partial charge in [-0.25, -0.2) is 0 Å². The largest absolute Gasteiger partial charge is 0.396 e. The second-order valence-electron chi connectivity index (χ2n) is 4.65. The number of hydrogen-bond acceptors (Lipinski definition) is 3. The van der Waals surface area contributed by atoms with Gasteiger partial charge in [0.1, 0.15) is 0 Å². The van der Waals surface area contributed by atoms with Crippen LogP contribution in [0.3, 0.4) is 0 Å². The third kappa shape index (κ3) is 4.47. The van der Waals surface area contributed by atoms with Crippen molar-refractivity contribution in [2.75, 3.05) is 6.61 Å². The summed E-state index contributed by atoms with van der Waals surface area (Å²) in [4.78, 5) is 11.0. The van der Waals surface area contributed by atoms with Gasteiger partial charge in [0.2, 0.25) is 5.91 Å². The molecule has 0 aliphatic carbocycles. The quantitative estimate of drug-likeness (QED) is 0.683. The summed E-state index contributed by atoms with van der Waals surface area (Å²) in [5.74, 6) is -0.395. The molecule has 0 aliphatic heterocycles. The molecule has 18 heavy (non-hydrogen) atoms. The van der Waals surface area contributed by atoms with E-state index < -0.39 is 5.91 Å². The van der Waals surface area contributed by atoms with E-state index in [0.717, 1.165) is 30.5 Å². The fraction of sp³-hybridized carbons (Fsp3) is 0.500. The van der Waals surface area contributed by atoms with Crippen LogP contribution >= 0.6 is 0 Å². The lowest BCUT2D eigenvalue weighted by Crippen LogP contribution is -2.26. The molecule has 0 aliphatic rings. The van der Waals surface area contributed by atoms with Gasteiger partial charge in [-0.2, -0.15) is 0 Å². The number of nitrogens with two attached hydrogens (primary N) is 1. The lowest BCUT2D eigenvalue weighted by Gasteiger charge is -2.14. The van der Waals surface area contributed by atoms with Crippen molar-refractivity contribution < 1.29 is 9.90 Å². The highest BCUT2D eigenvalue weighted by atomic mass is 16.2. The Balaban J connectivity index is 2.55. The molecule has 100 valence electrons. The maximum atomic E-state index is 11.0. The predicted molar refractivity (Wildman–Crippen MR) is 72.3 cm³/mol. The molecular weight excluding hydrogens is 228 g/mol. The first kappa shape index (κ1) is 14.7. The molecule has 1 aromatic carbocycles. The van der Waals surface area contributed by atoms with E-state index in [0.29, 0.717) is 11.6 Å². The average Bonchev–Trinajstić information content (AvgIpc) is 2.34. The maximum absolute atomic E-state index is 11.0. The molecule has 1 atom stereocenters. The van der Waals surface area contributed by atoms with Crippen molar-refractivity contribution in [1.29, 1.82) is 0 Å². The fourth-order valence-electron chi connectivity index (χ4n) is 1.83. The first-order valence-electron chi connectivity index (χ1n) is 6.28. The van der Waals surface area contributed by atoms with Crippen LogP contribution in [-0.2, 0) is 6.54 Å². The monoisotopic (exact) mass is 250 g/mol. The van der Waals surface area contributed by atoms with E-state index in [1.54, 1.807) is 6.07 Å². The smallest absolute Gasteiger partial charge is 0.248 e. The number of carbonyl (C=O) groups excluding carboxylic acids is 1. The van der Waals surface area contributed by atoms with Crippen molar-refractivity contribution in [1.82, 2.24) is 5.32 Å². The van der Waals surface area contributed by atoms with Gasteiger partial charge in [0, 0.05) is 24.8 Å². The normalized spacial score (nSPS) is 12.4. The van der Waals surface area contributed by atoms with Crippen LogP contribution < -0.4 is 11.1 Å². The van der Waals surface area contributed by atoms with E-state index in [1.807, 2.05) is 19.1 Å². The summed E-state index contributed by atoms with van der Waals surface area (Å²) in [6, 6.07) is 5.87. The summed E-state index contributed by atoms with van der Waals surface area (Å²) in [7, 11) is 0. The van der Waals surface area contributed by atoms with E-state index in [2.05, 4.69) is 12.2 Å². The summed E-state index contributed by atoms with van der Waals surface area (Å²) < 4.78 is 0. The van der Waals surface area contributed by atoms with E-state index >= 15 is 0 Å². The lowest BCUT2D eigenvalue weighted by atomic mass is 10.0. The van der Waals surface area contributed by atoms with Gasteiger partial charge in [-0.15, -0.1) is 0 Å². The standard InChI is InChI=1S/C14H22N2O2/c1-10-8-12(14(15)18)5-6-13(10)9-16-11(2)4-3-7-17/h5-6,8,11,16-17H,3-4,7,9H2,1-2H3,(H2,15,18). The zero-order valence-electron chi connectivity index (χ0n) is 11.1. The van der Waals surface area contributed by atoms with Gasteiger partial charge >= 0.3 is 0 Å². The van der Waals surface area contributed by atoms with Gasteiger partial charge in [-0.05, 0) is 49.9 Å². The molecule has 0 heterocycles. The Morgan fingerprint density at radius 3 is 2.78 bits per heavy atom. The molecule has 0 saturated carbocycles. The fourth-order valence-corrected chi connectivity index (χ4v) is 1.83. The number of primary amides is 1. The summed E-state index contributed by atoms with van der Waals surface area (Å²) in [5, 5.41) is 12.2. The first-order chi connectivity index (χ1) is 8.54. The Kier molecular flexibility index (Phi) is 5.82. The Hall–Kier alpha value is -1.39. The molecule has 1 aromatic rings. The van der Waals surface area contributed by atoms with Crippen LogP contribution in [0.25, 0.3) is 0 Å². The van der Waals surface area contributed by atoms with Crippen molar-refractivity contribution in [3.8, 4) is 0 Å². The molecule has 0 aromatic heterocycles. The molecule has 4 heteroatoms. The van der Waals surface area contributed by atoms with Crippen LogP contribution in [0.1, 0.15) is 41.3 Å². The Bertz CT molecular complexity index is 405. The Morgan fingerprint density at radius 2 is 2.22 bits per heavy atom. The van der Waals surface area contributed by atoms with Crippen molar-refractivity contribution in [2.45, 2.75) is 39.3 Å². The molecule has 0 spiro atoms. The van der Waals surface area contributed by atoms with Crippen molar-refractivity contribution in [3.63, 3.8) is 0 Å². The van der Waals surface area contributed by atoms with Gasteiger partial charge in [0.05, 0.1) is 0 Å². The molecule has 4 N–H and O–H groups in total. The number of amides is 1. The van der Waals surface area contributed by atoms with Crippen LogP contribution in [-0.4, -0.2) is 23.7 Å². The number of rotatable bonds is 7. The highest BCUT2D eigenvalue weighted by molar-refractivity contribution is 5.93.